The third-order valence-corrected chi connectivity index (χ3v) is 9.26. The van der Waals surface area contributed by atoms with Crippen molar-refractivity contribution in [1.82, 2.24) is 55.0 Å². The van der Waals surface area contributed by atoms with E-state index in [1.54, 1.807) is 74.1 Å². The van der Waals surface area contributed by atoms with Crippen molar-refractivity contribution in [2.24, 2.45) is 14.1 Å². The van der Waals surface area contributed by atoms with E-state index in [-0.39, 0.29) is 42.9 Å². The van der Waals surface area contributed by atoms with Gasteiger partial charge >= 0.3 is 6.18 Å². The number of hydrogen-bond donors (Lipinski definition) is 2. The number of carbonyl (C=O) groups excluding carboxylic acids is 2. The first-order valence-corrected chi connectivity index (χ1v) is 16.4. The number of aryl methyl sites for hydroxylation is 2. The lowest BCUT2D eigenvalue weighted by Crippen LogP contribution is -2.58. The van der Waals surface area contributed by atoms with Gasteiger partial charge in [0.15, 0.2) is 5.69 Å². The summed E-state index contributed by atoms with van der Waals surface area (Å²) in [6.07, 6.45) is 1.57. The van der Waals surface area contributed by atoms with Crippen molar-refractivity contribution in [2.75, 3.05) is 6.54 Å². The molecule has 0 bridgehead atoms. The summed E-state index contributed by atoms with van der Waals surface area (Å²) in [5.41, 5.74) is 0.709. The Bertz CT molecular complexity index is 2420. The zero-order chi connectivity index (χ0) is 37.8. The summed E-state index contributed by atoms with van der Waals surface area (Å²) in [5.74, 6) is -2.12. The average molecular weight is 729 g/mol. The maximum absolute atomic E-state index is 15.7. The van der Waals surface area contributed by atoms with Crippen molar-refractivity contribution in [3.05, 3.63) is 88.9 Å². The molecule has 5 heterocycles. The highest BCUT2D eigenvalue weighted by Crippen LogP contribution is 2.37. The first-order valence-electron chi connectivity index (χ1n) is 16.4. The number of fused-ring (bicyclic) bond motifs is 2. The van der Waals surface area contributed by atoms with Gasteiger partial charge in [-0.2, -0.15) is 49.1 Å². The minimum Gasteiger partial charge on any atom is -0.348 e. The van der Waals surface area contributed by atoms with Crippen LogP contribution in [0.25, 0.3) is 33.4 Å². The second-order valence-corrected chi connectivity index (χ2v) is 13.6. The summed E-state index contributed by atoms with van der Waals surface area (Å²) in [6.45, 7) is 3.03. The Morgan fingerprint density at radius 2 is 1.89 bits per heavy atom. The molecule has 2 N–H and O–H groups in total. The number of halogens is 4. The standard InChI is InChI=1S/C35H32F4N12O2/c1-34(2,18-51-28(26-16-41-47-45-26)12-30(46-51)35(37,38)39)44-32(52)29(9-19-14-42-48(3)17-19)50-8-7-23-22(5-6-25(36)31(23)33(50)53)24-11-27-21(10-20(24)13-40)15-43-49(27)4/h5-6,10-12,14-17,29H,7-9,18H2,1-4H3,(H,44,52)(H,41,45,47). The van der Waals surface area contributed by atoms with Crippen LogP contribution in [0, 0.1) is 17.1 Å². The zero-order valence-electron chi connectivity index (χ0n) is 28.9. The Hall–Kier alpha value is -6.38. The van der Waals surface area contributed by atoms with Crippen LogP contribution in [0.1, 0.15) is 46.6 Å². The van der Waals surface area contributed by atoms with Crippen LogP contribution in [0.3, 0.4) is 0 Å². The summed E-state index contributed by atoms with van der Waals surface area (Å²) in [6, 6.07) is 8.09. The fourth-order valence-electron chi connectivity index (χ4n) is 6.84. The van der Waals surface area contributed by atoms with E-state index in [4.69, 9.17) is 0 Å². The van der Waals surface area contributed by atoms with Crippen LogP contribution in [-0.4, -0.2) is 79.6 Å². The van der Waals surface area contributed by atoms with Gasteiger partial charge < -0.3 is 10.2 Å². The molecule has 18 heteroatoms. The molecule has 0 aliphatic carbocycles. The largest absolute Gasteiger partial charge is 0.435 e. The minimum atomic E-state index is -4.74. The van der Waals surface area contributed by atoms with E-state index in [0.717, 1.165) is 21.7 Å². The monoisotopic (exact) mass is 728 g/mol. The molecule has 7 rings (SSSR count). The van der Waals surface area contributed by atoms with Crippen molar-refractivity contribution in [3.63, 3.8) is 0 Å². The highest BCUT2D eigenvalue weighted by Gasteiger charge is 2.40. The van der Waals surface area contributed by atoms with Crippen LogP contribution in [0.15, 0.2) is 55.1 Å². The number of H-pyrrole nitrogens is 1. The Labute approximate surface area is 299 Å². The van der Waals surface area contributed by atoms with Crippen molar-refractivity contribution < 1.29 is 27.2 Å². The van der Waals surface area contributed by atoms with E-state index < -0.39 is 41.1 Å². The molecule has 0 saturated carbocycles. The fourth-order valence-corrected chi connectivity index (χ4v) is 6.84. The molecule has 0 spiro atoms. The number of nitrogens with one attached hydrogen (secondary N) is 2. The molecule has 0 fully saturated rings. The van der Waals surface area contributed by atoms with Gasteiger partial charge in [0.05, 0.1) is 59.1 Å². The SMILES string of the molecule is Cn1cc(CC(C(=O)NC(C)(C)Cn2nc(C(F)(F)F)cc2-c2cn[nH]n2)N2CCc3c(-c4cc5c(cnn5C)cc4C#N)ccc(F)c3C2=O)cn1. The van der Waals surface area contributed by atoms with E-state index in [0.29, 0.717) is 27.8 Å². The Kier molecular flexibility index (Phi) is 8.59. The van der Waals surface area contributed by atoms with Crippen LogP contribution >= 0.6 is 0 Å². The summed E-state index contributed by atoms with van der Waals surface area (Å²) in [4.78, 5) is 29.9. The van der Waals surface area contributed by atoms with Gasteiger partial charge in [-0.15, -0.1) is 0 Å². The quantitative estimate of drug-likeness (QED) is 0.209. The van der Waals surface area contributed by atoms with Crippen LogP contribution in [0.4, 0.5) is 17.6 Å². The molecule has 272 valence electrons. The number of aromatic amines is 1. The molecule has 14 nitrogen and oxygen atoms in total. The van der Waals surface area contributed by atoms with Gasteiger partial charge in [0, 0.05) is 44.2 Å². The summed E-state index contributed by atoms with van der Waals surface area (Å²) in [5, 5.41) is 35.8. The number of amides is 2. The van der Waals surface area contributed by atoms with Gasteiger partial charge in [-0.05, 0) is 61.2 Å². The number of aromatic nitrogens is 9. The Morgan fingerprint density at radius 3 is 2.57 bits per heavy atom. The number of benzene rings is 2. The van der Waals surface area contributed by atoms with Crippen molar-refractivity contribution >= 4 is 22.7 Å². The second-order valence-electron chi connectivity index (χ2n) is 13.6. The normalized spacial score (nSPS) is 14.0. The molecule has 53 heavy (non-hydrogen) atoms. The fraction of sp³-hybridized carbons (Fsp3) is 0.314. The number of rotatable bonds is 9. The number of nitriles is 1. The predicted octanol–water partition coefficient (Wildman–Crippen LogP) is 4.19. The Morgan fingerprint density at radius 1 is 1.09 bits per heavy atom. The minimum absolute atomic E-state index is 0.0120. The van der Waals surface area contributed by atoms with E-state index >= 15 is 4.39 Å². The maximum atomic E-state index is 15.7. The molecule has 0 saturated heterocycles. The van der Waals surface area contributed by atoms with Crippen LogP contribution in [-0.2, 0) is 44.5 Å². The molecule has 1 atom stereocenters. The van der Waals surface area contributed by atoms with Gasteiger partial charge in [0.2, 0.25) is 5.91 Å². The zero-order valence-corrected chi connectivity index (χ0v) is 28.9. The van der Waals surface area contributed by atoms with E-state index in [1.165, 1.54) is 17.2 Å². The number of nitrogens with zero attached hydrogens (tertiary/aromatic N) is 10. The Balaban J connectivity index is 1.22. The molecule has 2 amide bonds. The van der Waals surface area contributed by atoms with E-state index in [1.807, 2.05) is 0 Å². The molecular formula is C35H32F4N12O2. The smallest absolute Gasteiger partial charge is 0.348 e. The summed E-state index contributed by atoms with van der Waals surface area (Å²) >= 11 is 0. The van der Waals surface area contributed by atoms with Gasteiger partial charge in [-0.3, -0.25) is 23.6 Å². The van der Waals surface area contributed by atoms with E-state index in [9.17, 15) is 28.0 Å². The van der Waals surface area contributed by atoms with Crippen LogP contribution in [0.2, 0.25) is 0 Å². The van der Waals surface area contributed by atoms with Gasteiger partial charge in [0.25, 0.3) is 5.91 Å². The molecule has 6 aromatic rings. The van der Waals surface area contributed by atoms with Crippen LogP contribution < -0.4 is 5.32 Å². The number of carbonyl (C=O) groups is 2. The molecule has 1 unspecified atom stereocenters. The van der Waals surface area contributed by atoms with Crippen molar-refractivity contribution in [1.29, 1.82) is 5.26 Å². The first kappa shape index (κ1) is 35.0. The topological polar surface area (TPSA) is 168 Å². The maximum Gasteiger partial charge on any atom is 0.435 e. The lowest BCUT2D eigenvalue weighted by molar-refractivity contribution is -0.141. The van der Waals surface area contributed by atoms with Crippen molar-refractivity contribution in [2.45, 2.75) is 51.0 Å². The summed E-state index contributed by atoms with van der Waals surface area (Å²) < 4.78 is 61.1. The summed E-state index contributed by atoms with van der Waals surface area (Å²) in [7, 11) is 3.46. The van der Waals surface area contributed by atoms with Gasteiger partial charge in [-0.25, -0.2) is 4.39 Å². The average Bonchev–Trinajstić information content (AvgIpc) is 3.91. The molecule has 4 aromatic heterocycles. The third kappa shape index (κ3) is 6.61. The molecular weight excluding hydrogens is 696 g/mol. The van der Waals surface area contributed by atoms with Gasteiger partial charge in [-0.1, -0.05) is 6.07 Å². The number of hydrogen-bond acceptors (Lipinski definition) is 8. The molecule has 0 radical (unpaired) electrons. The van der Waals surface area contributed by atoms with E-state index in [2.05, 4.69) is 42.1 Å². The highest BCUT2D eigenvalue weighted by atomic mass is 19.4. The predicted molar refractivity (Wildman–Crippen MR) is 181 cm³/mol. The van der Waals surface area contributed by atoms with Gasteiger partial charge in [0.1, 0.15) is 17.6 Å². The second kappa shape index (κ2) is 13.0. The molecule has 1 aliphatic heterocycles. The lowest BCUT2D eigenvalue weighted by atomic mass is 9.87. The highest BCUT2D eigenvalue weighted by molar-refractivity contribution is 6.02. The molecule has 1 aliphatic rings. The van der Waals surface area contributed by atoms with Crippen LogP contribution in [0.5, 0.6) is 0 Å². The first-order chi connectivity index (χ1) is 25.1. The van der Waals surface area contributed by atoms with Crippen molar-refractivity contribution in [3.8, 4) is 28.6 Å². The number of alkyl halides is 3. The lowest BCUT2D eigenvalue weighted by Gasteiger charge is -2.37. The molecule has 2 aromatic carbocycles. The third-order valence-electron chi connectivity index (χ3n) is 9.26.